The van der Waals surface area contributed by atoms with Gasteiger partial charge in [0, 0.05) is 19.1 Å². The molecule has 0 amide bonds. The molecule has 0 spiro atoms. The van der Waals surface area contributed by atoms with E-state index in [-0.39, 0.29) is 11.9 Å². The van der Waals surface area contributed by atoms with Crippen molar-refractivity contribution >= 4 is 11.9 Å². The summed E-state index contributed by atoms with van der Waals surface area (Å²) in [5.74, 6) is 0.725. The predicted molar refractivity (Wildman–Crippen MR) is 62.4 cm³/mol. The van der Waals surface area contributed by atoms with Gasteiger partial charge in [-0.1, -0.05) is 0 Å². The van der Waals surface area contributed by atoms with Crippen molar-refractivity contribution in [2.24, 2.45) is 5.92 Å². The minimum Gasteiger partial charge on any atom is -0.463 e. The molecule has 1 aromatic rings. The zero-order valence-electron chi connectivity index (χ0n) is 10.3. The summed E-state index contributed by atoms with van der Waals surface area (Å²) in [5.41, 5.74) is 0. The molecule has 2 aliphatic rings. The maximum absolute atomic E-state index is 11.4. The number of carbonyl (C=O) groups is 1. The molecule has 0 saturated carbocycles. The van der Waals surface area contributed by atoms with Crippen molar-refractivity contribution in [3.63, 3.8) is 0 Å². The van der Waals surface area contributed by atoms with Gasteiger partial charge in [-0.3, -0.25) is 0 Å². The van der Waals surface area contributed by atoms with E-state index in [1.807, 2.05) is 4.68 Å². The molecule has 7 heteroatoms. The zero-order valence-corrected chi connectivity index (χ0v) is 10.3. The third-order valence-corrected chi connectivity index (χ3v) is 3.55. The van der Waals surface area contributed by atoms with Crippen LogP contribution < -0.4 is 5.32 Å². The van der Waals surface area contributed by atoms with E-state index in [0.717, 1.165) is 32.6 Å². The molecule has 98 valence electrons. The molecule has 3 heterocycles. The molecule has 2 unspecified atom stereocenters. The average molecular weight is 252 g/mol. The van der Waals surface area contributed by atoms with E-state index in [4.69, 9.17) is 4.74 Å². The molecule has 0 aromatic carbocycles. The van der Waals surface area contributed by atoms with Gasteiger partial charge in [0.05, 0.1) is 19.8 Å². The Balaban J connectivity index is 1.89. The van der Waals surface area contributed by atoms with Gasteiger partial charge in [-0.2, -0.15) is 4.98 Å². The summed E-state index contributed by atoms with van der Waals surface area (Å²) in [6.07, 6.45) is 2.02. The van der Waals surface area contributed by atoms with E-state index in [1.165, 1.54) is 7.11 Å². The highest BCUT2D eigenvalue weighted by Gasteiger charge is 2.33. The van der Waals surface area contributed by atoms with Gasteiger partial charge in [0.25, 0.3) is 5.82 Å². The highest BCUT2D eigenvalue weighted by atomic mass is 16.5. The van der Waals surface area contributed by atoms with Crippen LogP contribution in [0.25, 0.3) is 0 Å². The summed E-state index contributed by atoms with van der Waals surface area (Å²) in [5, 5.41) is 7.42. The number of fused-ring (bicyclic) bond motifs is 1. The molecular weight excluding hydrogens is 236 g/mol. The molecule has 0 bridgehead atoms. The maximum atomic E-state index is 11.4. The molecule has 1 saturated heterocycles. The number of methoxy groups -OCH3 is 1. The van der Waals surface area contributed by atoms with Crippen molar-refractivity contribution in [2.75, 3.05) is 32.2 Å². The number of hydrogen-bond donors (Lipinski definition) is 1. The number of anilines is 1. The first-order chi connectivity index (χ1) is 8.79. The van der Waals surface area contributed by atoms with Crippen LogP contribution >= 0.6 is 0 Å². The van der Waals surface area contributed by atoms with Crippen molar-refractivity contribution in [3.05, 3.63) is 5.82 Å². The zero-order chi connectivity index (χ0) is 12.5. The fraction of sp³-hybridized carbons (Fsp3) is 0.727. The Morgan fingerprint density at radius 1 is 1.56 bits per heavy atom. The largest absolute Gasteiger partial charge is 0.463 e. The SMILES string of the molecule is COC(=O)c1nc2n(n1)C(C1CCOC1)CCN2. The van der Waals surface area contributed by atoms with E-state index in [2.05, 4.69) is 20.1 Å². The van der Waals surface area contributed by atoms with E-state index in [1.54, 1.807) is 0 Å². The van der Waals surface area contributed by atoms with E-state index in [9.17, 15) is 4.79 Å². The van der Waals surface area contributed by atoms with Crippen molar-refractivity contribution in [2.45, 2.75) is 18.9 Å². The molecule has 7 nitrogen and oxygen atoms in total. The molecule has 18 heavy (non-hydrogen) atoms. The Hall–Kier alpha value is -1.63. The van der Waals surface area contributed by atoms with E-state index in [0.29, 0.717) is 11.9 Å². The summed E-state index contributed by atoms with van der Waals surface area (Å²) in [6, 6.07) is 0.259. The van der Waals surface area contributed by atoms with Gasteiger partial charge in [-0.25, -0.2) is 9.48 Å². The van der Waals surface area contributed by atoms with Gasteiger partial charge >= 0.3 is 5.97 Å². The second-order valence-corrected chi connectivity index (χ2v) is 4.60. The minimum absolute atomic E-state index is 0.116. The van der Waals surface area contributed by atoms with Crippen molar-refractivity contribution in [3.8, 4) is 0 Å². The topological polar surface area (TPSA) is 78.3 Å². The second kappa shape index (κ2) is 4.56. The third kappa shape index (κ3) is 1.84. The average Bonchev–Trinajstić information content (AvgIpc) is 3.05. The number of carbonyl (C=O) groups excluding carboxylic acids is 1. The van der Waals surface area contributed by atoms with Gasteiger partial charge in [-0.05, 0) is 12.8 Å². The van der Waals surface area contributed by atoms with Gasteiger partial charge in [0.1, 0.15) is 0 Å². The summed E-state index contributed by atoms with van der Waals surface area (Å²) < 4.78 is 11.9. The number of aromatic nitrogens is 3. The van der Waals surface area contributed by atoms with Crippen LogP contribution in [0, 0.1) is 5.92 Å². The van der Waals surface area contributed by atoms with Crippen LogP contribution in [-0.4, -0.2) is 47.6 Å². The summed E-state index contributed by atoms with van der Waals surface area (Å²) in [7, 11) is 1.33. The maximum Gasteiger partial charge on any atom is 0.378 e. The minimum atomic E-state index is -0.500. The Labute approximate surface area is 104 Å². The Morgan fingerprint density at radius 3 is 3.17 bits per heavy atom. The molecule has 3 rings (SSSR count). The number of nitrogens with one attached hydrogen (secondary N) is 1. The van der Waals surface area contributed by atoms with Gasteiger partial charge < -0.3 is 14.8 Å². The second-order valence-electron chi connectivity index (χ2n) is 4.60. The Bertz CT molecular complexity index is 453. The lowest BCUT2D eigenvalue weighted by molar-refractivity contribution is 0.0585. The molecule has 0 radical (unpaired) electrons. The lowest BCUT2D eigenvalue weighted by Gasteiger charge is -2.28. The molecule has 1 aromatic heterocycles. The van der Waals surface area contributed by atoms with Crippen LogP contribution in [0.4, 0.5) is 5.95 Å². The number of hydrogen-bond acceptors (Lipinski definition) is 6. The monoisotopic (exact) mass is 252 g/mol. The first-order valence-electron chi connectivity index (χ1n) is 6.16. The lowest BCUT2D eigenvalue weighted by atomic mass is 9.95. The summed E-state index contributed by atoms with van der Waals surface area (Å²) in [4.78, 5) is 15.6. The molecule has 1 fully saturated rings. The molecule has 1 N–H and O–H groups in total. The number of rotatable bonds is 2. The lowest BCUT2D eigenvalue weighted by Crippen LogP contribution is -2.29. The van der Waals surface area contributed by atoms with Crippen LogP contribution in [-0.2, 0) is 9.47 Å². The van der Waals surface area contributed by atoms with E-state index < -0.39 is 5.97 Å². The molecular formula is C11H16N4O3. The molecule has 0 aliphatic carbocycles. The first-order valence-corrected chi connectivity index (χ1v) is 6.16. The van der Waals surface area contributed by atoms with Crippen LogP contribution in [0.3, 0.4) is 0 Å². The Morgan fingerprint density at radius 2 is 2.44 bits per heavy atom. The van der Waals surface area contributed by atoms with Crippen LogP contribution in [0.2, 0.25) is 0 Å². The summed E-state index contributed by atoms with van der Waals surface area (Å²) in [6.45, 7) is 2.42. The normalized spacial score (nSPS) is 26.5. The van der Waals surface area contributed by atoms with Crippen molar-refractivity contribution < 1.29 is 14.3 Å². The first kappa shape index (κ1) is 11.5. The molecule has 2 aliphatic heterocycles. The Kier molecular flexibility index (Phi) is 2.91. The van der Waals surface area contributed by atoms with Gasteiger partial charge in [-0.15, -0.1) is 5.10 Å². The van der Waals surface area contributed by atoms with Crippen molar-refractivity contribution in [1.29, 1.82) is 0 Å². The highest BCUT2D eigenvalue weighted by Crippen LogP contribution is 2.33. The highest BCUT2D eigenvalue weighted by molar-refractivity contribution is 5.85. The fourth-order valence-corrected chi connectivity index (χ4v) is 2.60. The number of ether oxygens (including phenoxy) is 2. The van der Waals surface area contributed by atoms with Crippen molar-refractivity contribution in [1.82, 2.24) is 14.8 Å². The number of nitrogens with zero attached hydrogens (tertiary/aromatic N) is 3. The number of esters is 1. The summed E-state index contributed by atoms with van der Waals surface area (Å²) >= 11 is 0. The molecule has 2 atom stereocenters. The standard InChI is InChI=1S/C11H16N4O3/c1-17-10(16)9-13-11-12-4-2-8(15(11)14-9)7-3-5-18-6-7/h7-8H,2-6H2,1H3,(H,12,13,14). The quantitative estimate of drug-likeness (QED) is 0.770. The smallest absolute Gasteiger partial charge is 0.378 e. The third-order valence-electron chi connectivity index (χ3n) is 3.55. The van der Waals surface area contributed by atoms with Crippen LogP contribution in [0.1, 0.15) is 29.5 Å². The van der Waals surface area contributed by atoms with E-state index >= 15 is 0 Å². The van der Waals surface area contributed by atoms with Crippen LogP contribution in [0.5, 0.6) is 0 Å². The van der Waals surface area contributed by atoms with Gasteiger partial charge in [0.15, 0.2) is 0 Å². The fourth-order valence-electron chi connectivity index (χ4n) is 2.60. The van der Waals surface area contributed by atoms with Crippen LogP contribution in [0.15, 0.2) is 0 Å². The van der Waals surface area contributed by atoms with Gasteiger partial charge in [0.2, 0.25) is 5.95 Å². The predicted octanol–water partition coefficient (Wildman–Crippen LogP) is 0.458.